The standard InChI is InChI=1S/C9H17NO5S/c1-15-6-7-16(13,14)10-5-3-2-4-8(10)9(11)12/h8H,2-7H2,1H3,(H,11,12). The number of carbonyl (C=O) groups is 1. The average molecular weight is 251 g/mol. The highest BCUT2D eigenvalue weighted by Crippen LogP contribution is 2.20. The zero-order chi connectivity index (χ0) is 12.2. The first-order valence-corrected chi connectivity index (χ1v) is 6.81. The van der Waals surface area contributed by atoms with Crippen molar-refractivity contribution >= 4 is 16.0 Å². The van der Waals surface area contributed by atoms with E-state index in [-0.39, 0.29) is 12.4 Å². The average Bonchev–Trinajstić information content (AvgIpc) is 2.26. The summed E-state index contributed by atoms with van der Waals surface area (Å²) in [5.41, 5.74) is 0. The van der Waals surface area contributed by atoms with Gasteiger partial charge in [-0.15, -0.1) is 0 Å². The maximum atomic E-state index is 11.8. The third-order valence-corrected chi connectivity index (χ3v) is 4.48. The Morgan fingerprint density at radius 3 is 2.75 bits per heavy atom. The van der Waals surface area contributed by atoms with Gasteiger partial charge in [0.25, 0.3) is 0 Å². The van der Waals surface area contributed by atoms with Crippen molar-refractivity contribution in [3.05, 3.63) is 0 Å². The number of carboxylic acids is 1. The molecule has 0 radical (unpaired) electrons. The highest BCUT2D eigenvalue weighted by molar-refractivity contribution is 7.89. The maximum absolute atomic E-state index is 11.8. The van der Waals surface area contributed by atoms with Gasteiger partial charge in [-0.1, -0.05) is 0 Å². The van der Waals surface area contributed by atoms with E-state index in [0.717, 1.165) is 17.1 Å². The summed E-state index contributed by atoms with van der Waals surface area (Å²) in [6.45, 7) is 0.383. The molecule has 1 atom stereocenters. The number of aliphatic carboxylic acids is 1. The molecule has 0 aromatic rings. The van der Waals surface area contributed by atoms with Crippen LogP contribution in [0.25, 0.3) is 0 Å². The number of methoxy groups -OCH3 is 1. The third kappa shape index (κ3) is 3.16. The normalized spacial score (nSPS) is 23.2. The van der Waals surface area contributed by atoms with Crippen LogP contribution in [0.15, 0.2) is 0 Å². The Morgan fingerprint density at radius 1 is 1.50 bits per heavy atom. The molecule has 1 fully saturated rings. The molecule has 1 N–H and O–H groups in total. The first kappa shape index (κ1) is 13.4. The summed E-state index contributed by atoms with van der Waals surface area (Å²) < 4.78 is 29.5. The zero-order valence-corrected chi connectivity index (χ0v) is 10.1. The Hall–Kier alpha value is -0.660. The topological polar surface area (TPSA) is 83.9 Å². The van der Waals surface area contributed by atoms with Crippen molar-refractivity contribution in [1.82, 2.24) is 4.31 Å². The van der Waals surface area contributed by atoms with Gasteiger partial charge in [0.15, 0.2) is 0 Å². The molecule has 1 unspecified atom stereocenters. The molecule has 0 saturated carbocycles. The maximum Gasteiger partial charge on any atom is 0.322 e. The van der Waals surface area contributed by atoms with E-state index in [2.05, 4.69) is 0 Å². The third-order valence-electron chi connectivity index (χ3n) is 2.64. The molecular weight excluding hydrogens is 234 g/mol. The Balaban J connectivity index is 2.78. The fraction of sp³-hybridized carbons (Fsp3) is 0.889. The van der Waals surface area contributed by atoms with E-state index in [9.17, 15) is 13.2 Å². The lowest BCUT2D eigenvalue weighted by Crippen LogP contribution is -2.49. The number of hydrogen-bond donors (Lipinski definition) is 1. The van der Waals surface area contributed by atoms with Crippen LogP contribution < -0.4 is 0 Å². The lowest BCUT2D eigenvalue weighted by molar-refractivity contribution is -0.142. The number of rotatable bonds is 5. The second kappa shape index (κ2) is 5.60. The summed E-state index contributed by atoms with van der Waals surface area (Å²) in [6, 6.07) is -0.907. The molecule has 0 bridgehead atoms. The molecule has 0 aliphatic carbocycles. The van der Waals surface area contributed by atoms with Crippen LogP contribution in [0.3, 0.4) is 0 Å². The van der Waals surface area contributed by atoms with Crippen LogP contribution in [0.2, 0.25) is 0 Å². The monoisotopic (exact) mass is 251 g/mol. The van der Waals surface area contributed by atoms with E-state index in [1.54, 1.807) is 0 Å². The van der Waals surface area contributed by atoms with Gasteiger partial charge in [0.2, 0.25) is 10.0 Å². The number of piperidine rings is 1. The number of hydrogen-bond acceptors (Lipinski definition) is 4. The van der Waals surface area contributed by atoms with Gasteiger partial charge in [-0.25, -0.2) is 8.42 Å². The molecule has 94 valence electrons. The Kier molecular flexibility index (Phi) is 4.69. The van der Waals surface area contributed by atoms with Gasteiger partial charge in [-0.2, -0.15) is 4.31 Å². The zero-order valence-electron chi connectivity index (χ0n) is 9.26. The van der Waals surface area contributed by atoms with Crippen LogP contribution in [0.4, 0.5) is 0 Å². The second-order valence-corrected chi connectivity index (χ2v) is 5.81. The van der Waals surface area contributed by atoms with E-state index < -0.39 is 22.0 Å². The molecular formula is C9H17NO5S. The number of ether oxygens (including phenoxy) is 1. The SMILES string of the molecule is COCCS(=O)(=O)N1CCCCC1C(=O)O. The molecule has 1 heterocycles. The molecule has 1 aliphatic heterocycles. The minimum Gasteiger partial charge on any atom is -0.480 e. The summed E-state index contributed by atoms with van der Waals surface area (Å²) in [5, 5.41) is 8.96. The highest BCUT2D eigenvalue weighted by atomic mass is 32.2. The van der Waals surface area contributed by atoms with Crippen molar-refractivity contribution in [2.24, 2.45) is 0 Å². The molecule has 1 rings (SSSR count). The van der Waals surface area contributed by atoms with Crippen molar-refractivity contribution in [1.29, 1.82) is 0 Å². The van der Waals surface area contributed by atoms with Crippen LogP contribution in [0, 0.1) is 0 Å². The van der Waals surface area contributed by atoms with Gasteiger partial charge < -0.3 is 9.84 Å². The number of sulfonamides is 1. The van der Waals surface area contributed by atoms with Gasteiger partial charge >= 0.3 is 5.97 Å². The van der Waals surface area contributed by atoms with Crippen molar-refractivity contribution in [2.75, 3.05) is 26.0 Å². The summed E-state index contributed by atoms with van der Waals surface area (Å²) in [5.74, 6) is -1.23. The minimum absolute atomic E-state index is 0.0885. The van der Waals surface area contributed by atoms with Crippen LogP contribution >= 0.6 is 0 Å². The smallest absolute Gasteiger partial charge is 0.322 e. The molecule has 0 amide bonds. The molecule has 0 aromatic carbocycles. The summed E-state index contributed by atoms with van der Waals surface area (Å²) >= 11 is 0. The number of nitrogens with zero attached hydrogens (tertiary/aromatic N) is 1. The van der Waals surface area contributed by atoms with Crippen LogP contribution in [-0.4, -0.2) is 55.9 Å². The molecule has 1 aliphatic rings. The summed E-state index contributed by atoms with van der Waals surface area (Å²) in [6.07, 6.45) is 1.87. The van der Waals surface area contributed by atoms with E-state index in [4.69, 9.17) is 9.84 Å². The van der Waals surface area contributed by atoms with Gasteiger partial charge in [0, 0.05) is 13.7 Å². The summed E-state index contributed by atoms with van der Waals surface area (Å²) in [7, 11) is -2.10. The number of carboxylic acid groups (broad SMARTS) is 1. The van der Waals surface area contributed by atoms with Gasteiger partial charge in [0.05, 0.1) is 12.4 Å². The fourth-order valence-corrected chi connectivity index (χ4v) is 3.39. The first-order valence-electron chi connectivity index (χ1n) is 5.20. The predicted molar refractivity (Wildman–Crippen MR) is 57.6 cm³/mol. The first-order chi connectivity index (χ1) is 7.49. The Bertz CT molecular complexity index is 340. The van der Waals surface area contributed by atoms with E-state index in [1.807, 2.05) is 0 Å². The molecule has 0 aromatic heterocycles. The molecule has 6 nitrogen and oxygen atoms in total. The van der Waals surface area contributed by atoms with Gasteiger partial charge in [-0.3, -0.25) is 4.79 Å². The molecule has 16 heavy (non-hydrogen) atoms. The van der Waals surface area contributed by atoms with Crippen molar-refractivity contribution in [3.63, 3.8) is 0 Å². The van der Waals surface area contributed by atoms with E-state index >= 15 is 0 Å². The van der Waals surface area contributed by atoms with Crippen molar-refractivity contribution in [2.45, 2.75) is 25.3 Å². The molecule has 1 saturated heterocycles. The van der Waals surface area contributed by atoms with Gasteiger partial charge in [0.1, 0.15) is 6.04 Å². The fourth-order valence-electron chi connectivity index (χ4n) is 1.79. The lowest BCUT2D eigenvalue weighted by atomic mass is 10.1. The Morgan fingerprint density at radius 2 is 2.19 bits per heavy atom. The Labute approximate surface area is 95.2 Å². The molecule has 0 spiro atoms. The molecule has 7 heteroatoms. The second-order valence-electron chi connectivity index (χ2n) is 3.77. The van der Waals surface area contributed by atoms with Crippen molar-refractivity contribution in [3.8, 4) is 0 Å². The highest BCUT2D eigenvalue weighted by Gasteiger charge is 2.36. The summed E-state index contributed by atoms with van der Waals surface area (Å²) in [4.78, 5) is 10.9. The van der Waals surface area contributed by atoms with Crippen LogP contribution in [-0.2, 0) is 19.6 Å². The van der Waals surface area contributed by atoms with Crippen LogP contribution in [0.5, 0.6) is 0 Å². The lowest BCUT2D eigenvalue weighted by Gasteiger charge is -2.31. The van der Waals surface area contributed by atoms with Crippen molar-refractivity contribution < 1.29 is 23.1 Å². The van der Waals surface area contributed by atoms with E-state index in [0.29, 0.717) is 13.0 Å². The quantitative estimate of drug-likeness (QED) is 0.737. The van der Waals surface area contributed by atoms with E-state index in [1.165, 1.54) is 7.11 Å². The largest absolute Gasteiger partial charge is 0.480 e. The predicted octanol–water partition coefficient (Wildman–Crippen LogP) is -0.0983. The van der Waals surface area contributed by atoms with Gasteiger partial charge in [-0.05, 0) is 19.3 Å². The van der Waals surface area contributed by atoms with Crippen LogP contribution in [0.1, 0.15) is 19.3 Å². The minimum atomic E-state index is -3.51.